The van der Waals surface area contributed by atoms with Gasteiger partial charge in [0.05, 0.1) is 13.2 Å². The van der Waals surface area contributed by atoms with Gasteiger partial charge in [-0.25, -0.2) is 13.6 Å². The van der Waals surface area contributed by atoms with E-state index < -0.39 is 42.0 Å². The Kier molecular flexibility index (Phi) is 6.70. The van der Waals surface area contributed by atoms with Crippen molar-refractivity contribution in [2.24, 2.45) is 0 Å². The Balaban J connectivity index is 1.85. The molecule has 11 heteroatoms. The van der Waals surface area contributed by atoms with Crippen LogP contribution in [0.2, 0.25) is 0 Å². The lowest BCUT2D eigenvalue weighted by Crippen LogP contribution is -2.35. The lowest BCUT2D eigenvalue weighted by molar-refractivity contribution is -0.275. The van der Waals surface area contributed by atoms with Crippen LogP contribution >= 0.6 is 0 Å². The van der Waals surface area contributed by atoms with E-state index in [1.807, 2.05) is 0 Å². The highest BCUT2D eigenvalue weighted by Crippen LogP contribution is 2.30. The number of benzene rings is 1. The van der Waals surface area contributed by atoms with Crippen LogP contribution in [0.5, 0.6) is 5.75 Å². The van der Waals surface area contributed by atoms with E-state index in [1.54, 1.807) is 0 Å². The molecule has 1 aliphatic rings. The summed E-state index contributed by atoms with van der Waals surface area (Å²) in [5.74, 6) is -3.20. The minimum Gasteiger partial charge on any atom is -0.446 e. The number of carbonyl (C=O) groups excluding carboxylic acids is 1. The third-order valence-electron chi connectivity index (χ3n) is 4.28. The number of hydrogen-bond donors (Lipinski definition) is 1. The summed E-state index contributed by atoms with van der Waals surface area (Å²) in [5, 5.41) is 2.40. The summed E-state index contributed by atoms with van der Waals surface area (Å²) in [6, 6.07) is 3.59. The van der Waals surface area contributed by atoms with Crippen molar-refractivity contribution in [1.29, 1.82) is 0 Å². The second-order valence-corrected chi connectivity index (χ2v) is 6.40. The zero-order chi connectivity index (χ0) is 21.7. The summed E-state index contributed by atoms with van der Waals surface area (Å²) >= 11 is 0. The Morgan fingerprint density at radius 1 is 1.17 bits per heavy atom. The molecule has 1 N–H and O–H groups in total. The van der Waals surface area contributed by atoms with Crippen LogP contribution in [0.15, 0.2) is 36.5 Å². The first-order valence-electron chi connectivity index (χ1n) is 8.93. The fourth-order valence-electron chi connectivity index (χ4n) is 2.92. The number of rotatable bonds is 5. The molecule has 2 aromatic rings. The molecule has 0 saturated carbocycles. The minimum atomic E-state index is -5.08. The highest BCUT2D eigenvalue weighted by atomic mass is 19.4. The molecule has 0 bridgehead atoms. The van der Waals surface area contributed by atoms with Crippen molar-refractivity contribution >= 4 is 6.09 Å². The Labute approximate surface area is 168 Å². The number of amides is 1. The number of aromatic nitrogens is 1. The van der Waals surface area contributed by atoms with Crippen LogP contribution in [0, 0.1) is 11.6 Å². The van der Waals surface area contributed by atoms with Crippen LogP contribution in [0.4, 0.5) is 26.7 Å². The fourth-order valence-corrected chi connectivity index (χ4v) is 2.92. The number of nitrogens with one attached hydrogen (secondary N) is 1. The van der Waals surface area contributed by atoms with Crippen molar-refractivity contribution in [2.45, 2.75) is 31.3 Å². The Morgan fingerprint density at radius 3 is 2.53 bits per heavy atom. The Hall–Kier alpha value is -2.95. The van der Waals surface area contributed by atoms with Gasteiger partial charge in [0.1, 0.15) is 23.7 Å². The number of alkyl carbamates (subject to hydrolysis) is 1. The average molecular weight is 432 g/mol. The molecule has 1 saturated heterocycles. The van der Waals surface area contributed by atoms with E-state index in [4.69, 9.17) is 9.47 Å². The molecule has 1 aromatic heterocycles. The molecule has 6 nitrogen and oxygen atoms in total. The molecule has 162 valence electrons. The number of halogens is 5. The van der Waals surface area contributed by atoms with E-state index in [-0.39, 0.29) is 11.3 Å². The zero-order valence-electron chi connectivity index (χ0n) is 15.4. The van der Waals surface area contributed by atoms with E-state index in [1.165, 1.54) is 12.3 Å². The molecule has 0 unspecified atom stereocenters. The van der Waals surface area contributed by atoms with Gasteiger partial charge in [-0.15, -0.1) is 13.2 Å². The van der Waals surface area contributed by atoms with E-state index in [2.05, 4.69) is 15.0 Å². The van der Waals surface area contributed by atoms with Crippen molar-refractivity contribution in [3.63, 3.8) is 0 Å². The van der Waals surface area contributed by atoms with Gasteiger partial charge in [-0.1, -0.05) is 6.07 Å². The smallest absolute Gasteiger partial charge is 0.446 e. The van der Waals surface area contributed by atoms with Crippen LogP contribution in [-0.2, 0) is 9.47 Å². The Morgan fingerprint density at radius 2 is 1.90 bits per heavy atom. The van der Waals surface area contributed by atoms with Gasteiger partial charge in [0.25, 0.3) is 0 Å². The number of ether oxygens (including phenoxy) is 3. The van der Waals surface area contributed by atoms with Crippen LogP contribution in [0.3, 0.4) is 0 Å². The van der Waals surface area contributed by atoms with Gasteiger partial charge < -0.3 is 19.5 Å². The third kappa shape index (κ3) is 5.78. The number of nitrogens with zero attached hydrogens (tertiary/aromatic N) is 1. The number of hydrogen-bond acceptors (Lipinski definition) is 5. The quantitative estimate of drug-likeness (QED) is 0.716. The predicted molar refractivity (Wildman–Crippen MR) is 92.6 cm³/mol. The Bertz CT molecular complexity index is 887. The van der Waals surface area contributed by atoms with Gasteiger partial charge in [-0.05, 0) is 29.8 Å². The molecular formula is C19H17F5N2O4. The first kappa shape index (κ1) is 21.8. The van der Waals surface area contributed by atoms with E-state index in [0.717, 1.165) is 18.2 Å². The molecule has 1 aromatic carbocycles. The third-order valence-corrected chi connectivity index (χ3v) is 4.28. The standard InChI is InChI=1S/C19H17F5N2O4/c20-13-2-1-7-25-17(13)16(26-18(27)29-12-5-8-28-9-6-12)11-3-4-15(14(21)10-11)30-19(22,23)24/h1-4,7,10,12,16H,5-6,8-9H2,(H,26,27)/t16-/m0/s1. The lowest BCUT2D eigenvalue weighted by atomic mass is 10.0. The maximum Gasteiger partial charge on any atom is 0.573 e. The summed E-state index contributed by atoms with van der Waals surface area (Å²) in [6.45, 7) is 0.838. The van der Waals surface area contributed by atoms with Crippen LogP contribution in [0.1, 0.15) is 30.1 Å². The van der Waals surface area contributed by atoms with Crippen molar-refractivity contribution in [3.05, 3.63) is 59.4 Å². The number of alkyl halides is 3. The SMILES string of the molecule is O=C(N[C@@H](c1ccc(OC(F)(F)F)c(F)c1)c1ncccc1F)OC1CCOCC1. The van der Waals surface area contributed by atoms with Gasteiger partial charge in [-0.2, -0.15) is 0 Å². The molecule has 1 amide bonds. The molecule has 1 aliphatic heterocycles. The van der Waals surface area contributed by atoms with Gasteiger partial charge in [0, 0.05) is 19.0 Å². The molecule has 2 heterocycles. The van der Waals surface area contributed by atoms with Gasteiger partial charge >= 0.3 is 12.5 Å². The van der Waals surface area contributed by atoms with Gasteiger partial charge in [0.2, 0.25) is 0 Å². The molecule has 0 aliphatic carbocycles. The summed E-state index contributed by atoms with van der Waals surface area (Å²) in [6.07, 6.45) is -4.18. The normalized spacial score (nSPS) is 16.0. The maximum atomic E-state index is 14.3. The predicted octanol–water partition coefficient (Wildman–Crippen LogP) is 4.25. The van der Waals surface area contributed by atoms with E-state index >= 15 is 0 Å². The first-order valence-corrected chi connectivity index (χ1v) is 8.93. The largest absolute Gasteiger partial charge is 0.573 e. The highest BCUT2D eigenvalue weighted by Gasteiger charge is 2.33. The minimum absolute atomic E-state index is 0.0523. The second kappa shape index (κ2) is 9.24. The zero-order valence-corrected chi connectivity index (χ0v) is 15.4. The summed E-state index contributed by atoms with van der Waals surface area (Å²) in [5.41, 5.74) is -0.311. The summed E-state index contributed by atoms with van der Waals surface area (Å²) in [4.78, 5) is 16.2. The monoisotopic (exact) mass is 432 g/mol. The molecule has 30 heavy (non-hydrogen) atoms. The lowest BCUT2D eigenvalue weighted by Gasteiger charge is -2.25. The molecule has 1 atom stereocenters. The first-order chi connectivity index (χ1) is 14.2. The summed E-state index contributed by atoms with van der Waals surface area (Å²) < 4.78 is 79.6. The maximum absolute atomic E-state index is 14.3. The van der Waals surface area contributed by atoms with E-state index in [0.29, 0.717) is 32.1 Å². The highest BCUT2D eigenvalue weighted by molar-refractivity contribution is 5.69. The van der Waals surface area contributed by atoms with E-state index in [9.17, 15) is 26.7 Å². The van der Waals surface area contributed by atoms with Crippen molar-refractivity contribution in [3.8, 4) is 5.75 Å². The van der Waals surface area contributed by atoms with Crippen molar-refractivity contribution in [1.82, 2.24) is 10.3 Å². The van der Waals surface area contributed by atoms with Crippen LogP contribution < -0.4 is 10.1 Å². The summed E-state index contributed by atoms with van der Waals surface area (Å²) in [7, 11) is 0. The molecule has 1 fully saturated rings. The molecular weight excluding hydrogens is 415 g/mol. The van der Waals surface area contributed by atoms with Crippen LogP contribution in [0.25, 0.3) is 0 Å². The van der Waals surface area contributed by atoms with Gasteiger partial charge in [0.15, 0.2) is 11.6 Å². The molecule has 3 rings (SSSR count). The number of pyridine rings is 1. The second-order valence-electron chi connectivity index (χ2n) is 6.40. The van der Waals surface area contributed by atoms with Crippen molar-refractivity contribution < 1.29 is 41.0 Å². The van der Waals surface area contributed by atoms with Crippen LogP contribution in [-0.4, -0.2) is 36.8 Å². The fraction of sp³-hybridized carbons (Fsp3) is 0.368. The van der Waals surface area contributed by atoms with Gasteiger partial charge in [-0.3, -0.25) is 4.98 Å². The number of carbonyl (C=O) groups is 1. The molecule has 0 spiro atoms. The topological polar surface area (TPSA) is 69.7 Å². The average Bonchev–Trinajstić information content (AvgIpc) is 2.68. The molecule has 0 radical (unpaired) electrons. The van der Waals surface area contributed by atoms with Crippen molar-refractivity contribution in [2.75, 3.05) is 13.2 Å².